The number of nitrogens with zero attached hydrogens (tertiary/aromatic N) is 1. The van der Waals surface area contributed by atoms with Gasteiger partial charge in [0.05, 0.1) is 17.4 Å². The summed E-state index contributed by atoms with van der Waals surface area (Å²) in [5.41, 5.74) is 2.86. The highest BCUT2D eigenvalue weighted by atomic mass is 19.1. The van der Waals surface area contributed by atoms with E-state index in [2.05, 4.69) is 29.9 Å². The number of pyridine rings is 1. The second-order valence-electron chi connectivity index (χ2n) is 8.46. The Morgan fingerprint density at radius 2 is 2.03 bits per heavy atom. The van der Waals surface area contributed by atoms with Gasteiger partial charge in [0, 0.05) is 29.4 Å². The van der Waals surface area contributed by atoms with Crippen LogP contribution < -0.4 is 5.32 Å². The summed E-state index contributed by atoms with van der Waals surface area (Å²) in [5.74, 6) is -0.277. The lowest BCUT2D eigenvalue weighted by Gasteiger charge is -2.44. The summed E-state index contributed by atoms with van der Waals surface area (Å²) in [6.45, 7) is 6.03. The Bertz CT molecular complexity index is 1000. The molecule has 0 saturated heterocycles. The summed E-state index contributed by atoms with van der Waals surface area (Å²) in [4.78, 5) is 4.24. The van der Waals surface area contributed by atoms with Crippen LogP contribution in [0.5, 0.6) is 0 Å². The Balaban J connectivity index is 1.60. The van der Waals surface area contributed by atoms with Crippen molar-refractivity contribution < 1.29 is 14.6 Å². The second kappa shape index (κ2) is 7.82. The SMILES string of the molecule is C=CC1=C(Nc2ccc(F)cc2)C=C2CC[C@@](O)(CC(O)c3ccccn3)[C@@]2(C)C1. The van der Waals surface area contributed by atoms with E-state index in [0.717, 1.165) is 29.0 Å². The Hall–Kier alpha value is -2.76. The van der Waals surface area contributed by atoms with Crippen molar-refractivity contribution in [3.63, 3.8) is 0 Å². The molecule has 0 bridgehead atoms. The van der Waals surface area contributed by atoms with Crippen LogP contribution in [0.4, 0.5) is 10.1 Å². The molecule has 156 valence electrons. The first-order chi connectivity index (χ1) is 14.3. The smallest absolute Gasteiger partial charge is 0.123 e. The quantitative estimate of drug-likeness (QED) is 0.628. The van der Waals surface area contributed by atoms with Gasteiger partial charge in [-0.25, -0.2) is 4.39 Å². The normalized spacial score (nSPS) is 26.7. The molecule has 0 amide bonds. The molecule has 1 unspecified atom stereocenters. The third kappa shape index (κ3) is 3.59. The van der Waals surface area contributed by atoms with Gasteiger partial charge in [-0.15, -0.1) is 0 Å². The van der Waals surface area contributed by atoms with Crippen LogP contribution in [0.1, 0.15) is 44.4 Å². The average Bonchev–Trinajstić information content (AvgIpc) is 3.00. The van der Waals surface area contributed by atoms with E-state index in [1.807, 2.05) is 6.07 Å². The van der Waals surface area contributed by atoms with Crippen LogP contribution in [-0.4, -0.2) is 20.8 Å². The number of fused-ring (bicyclic) bond motifs is 1. The van der Waals surface area contributed by atoms with Crippen molar-refractivity contribution in [3.8, 4) is 0 Å². The van der Waals surface area contributed by atoms with Crippen molar-refractivity contribution in [3.05, 3.63) is 95.7 Å². The largest absolute Gasteiger partial charge is 0.389 e. The van der Waals surface area contributed by atoms with Crippen molar-refractivity contribution in [2.45, 2.75) is 44.3 Å². The molecule has 1 aromatic heterocycles. The fourth-order valence-corrected chi connectivity index (χ4v) is 4.76. The standard InChI is InChI=1S/C25H27FN2O2/c1-3-17-15-24(2)18(14-22(17)28-20-9-7-19(26)8-10-20)11-12-25(24,30)16-23(29)21-6-4-5-13-27-21/h3-10,13-14,23,28-30H,1,11-12,15-16H2,2H3/t23?,24-,25+/m0/s1. The first kappa shape index (κ1) is 20.5. The van der Waals surface area contributed by atoms with Gasteiger partial charge in [0.1, 0.15) is 5.82 Å². The molecule has 0 spiro atoms. The zero-order chi connectivity index (χ0) is 21.4. The van der Waals surface area contributed by atoms with Gasteiger partial charge in [-0.05, 0) is 67.3 Å². The lowest BCUT2D eigenvalue weighted by molar-refractivity contribution is -0.0747. The number of halogens is 1. The van der Waals surface area contributed by atoms with Crippen LogP contribution in [0.15, 0.2) is 84.2 Å². The van der Waals surface area contributed by atoms with Crippen molar-refractivity contribution >= 4 is 5.69 Å². The van der Waals surface area contributed by atoms with E-state index in [1.54, 1.807) is 36.5 Å². The number of aliphatic hydroxyl groups is 2. The second-order valence-corrected chi connectivity index (χ2v) is 8.46. The van der Waals surface area contributed by atoms with E-state index in [4.69, 9.17) is 0 Å². The molecular weight excluding hydrogens is 379 g/mol. The van der Waals surface area contributed by atoms with Crippen LogP contribution >= 0.6 is 0 Å². The molecule has 2 aromatic rings. The fourth-order valence-electron chi connectivity index (χ4n) is 4.76. The number of benzene rings is 1. The molecule has 2 aliphatic carbocycles. The van der Waals surface area contributed by atoms with Gasteiger partial charge in [-0.1, -0.05) is 31.2 Å². The monoisotopic (exact) mass is 406 g/mol. The zero-order valence-electron chi connectivity index (χ0n) is 17.1. The number of nitrogens with one attached hydrogen (secondary N) is 1. The number of anilines is 1. The van der Waals surface area contributed by atoms with Gasteiger partial charge in [0.2, 0.25) is 0 Å². The minimum atomic E-state index is -1.05. The highest BCUT2D eigenvalue weighted by Gasteiger charge is 2.55. The van der Waals surface area contributed by atoms with Gasteiger partial charge in [0.15, 0.2) is 0 Å². The van der Waals surface area contributed by atoms with Crippen molar-refractivity contribution in [1.82, 2.24) is 4.98 Å². The molecule has 5 heteroatoms. The molecular formula is C25H27FN2O2. The topological polar surface area (TPSA) is 65.4 Å². The Kier molecular flexibility index (Phi) is 5.35. The van der Waals surface area contributed by atoms with E-state index in [-0.39, 0.29) is 12.2 Å². The predicted molar refractivity (Wildman–Crippen MR) is 116 cm³/mol. The number of hydrogen-bond acceptors (Lipinski definition) is 4. The van der Waals surface area contributed by atoms with Gasteiger partial charge in [0.25, 0.3) is 0 Å². The minimum absolute atomic E-state index is 0.225. The summed E-state index contributed by atoms with van der Waals surface area (Å²) >= 11 is 0. The summed E-state index contributed by atoms with van der Waals surface area (Å²) in [7, 11) is 0. The number of hydrogen-bond donors (Lipinski definition) is 3. The van der Waals surface area contributed by atoms with Crippen molar-refractivity contribution in [1.29, 1.82) is 0 Å². The maximum absolute atomic E-state index is 13.2. The van der Waals surface area contributed by atoms with Crippen molar-refractivity contribution in [2.24, 2.45) is 5.41 Å². The molecule has 1 aromatic carbocycles. The fraction of sp³-hybridized carbons (Fsp3) is 0.320. The van der Waals surface area contributed by atoms with E-state index < -0.39 is 17.1 Å². The molecule has 2 aliphatic rings. The van der Waals surface area contributed by atoms with E-state index in [9.17, 15) is 14.6 Å². The lowest BCUT2D eigenvalue weighted by Crippen LogP contribution is -2.45. The Morgan fingerprint density at radius 1 is 1.27 bits per heavy atom. The lowest BCUT2D eigenvalue weighted by atomic mass is 9.65. The Labute approximate surface area is 176 Å². The molecule has 1 saturated carbocycles. The molecule has 3 N–H and O–H groups in total. The molecule has 30 heavy (non-hydrogen) atoms. The van der Waals surface area contributed by atoms with Gasteiger partial charge < -0.3 is 15.5 Å². The zero-order valence-corrected chi connectivity index (χ0v) is 17.1. The molecule has 0 radical (unpaired) electrons. The summed E-state index contributed by atoms with van der Waals surface area (Å²) in [5, 5.41) is 25.7. The molecule has 1 fully saturated rings. The van der Waals surface area contributed by atoms with Crippen molar-refractivity contribution in [2.75, 3.05) is 5.32 Å². The maximum Gasteiger partial charge on any atom is 0.123 e. The van der Waals surface area contributed by atoms with Gasteiger partial charge >= 0.3 is 0 Å². The van der Waals surface area contributed by atoms with Crippen LogP contribution in [-0.2, 0) is 0 Å². The van der Waals surface area contributed by atoms with Crippen LogP contribution in [0.25, 0.3) is 0 Å². The Morgan fingerprint density at radius 3 is 2.70 bits per heavy atom. The van der Waals surface area contributed by atoms with E-state index in [1.165, 1.54) is 12.1 Å². The number of aromatic nitrogens is 1. The predicted octanol–water partition coefficient (Wildman–Crippen LogP) is 5.06. The van der Waals surface area contributed by atoms with Crippen LogP contribution in [0.3, 0.4) is 0 Å². The van der Waals surface area contributed by atoms with E-state index in [0.29, 0.717) is 18.5 Å². The molecule has 4 nitrogen and oxygen atoms in total. The molecule has 3 atom stereocenters. The number of rotatable bonds is 6. The van der Waals surface area contributed by atoms with Crippen LogP contribution in [0, 0.1) is 11.2 Å². The summed E-state index contributed by atoms with van der Waals surface area (Å²) < 4.78 is 13.2. The molecule has 1 heterocycles. The maximum atomic E-state index is 13.2. The summed E-state index contributed by atoms with van der Waals surface area (Å²) in [6, 6.07) is 11.7. The number of allylic oxidation sites excluding steroid dienone is 3. The molecule has 0 aliphatic heterocycles. The minimum Gasteiger partial charge on any atom is -0.389 e. The first-order valence-corrected chi connectivity index (χ1v) is 10.3. The van der Waals surface area contributed by atoms with Gasteiger partial charge in [-0.3, -0.25) is 4.98 Å². The van der Waals surface area contributed by atoms with E-state index >= 15 is 0 Å². The molecule has 4 rings (SSSR count). The highest BCUT2D eigenvalue weighted by molar-refractivity contribution is 5.57. The third-order valence-electron chi connectivity index (χ3n) is 6.68. The average molecular weight is 407 g/mol. The van der Waals surface area contributed by atoms with Gasteiger partial charge in [-0.2, -0.15) is 0 Å². The summed E-state index contributed by atoms with van der Waals surface area (Å²) in [6.07, 6.45) is 6.86. The third-order valence-corrected chi connectivity index (χ3v) is 6.68. The highest BCUT2D eigenvalue weighted by Crippen LogP contribution is 2.58. The van der Waals surface area contributed by atoms with Crippen LogP contribution in [0.2, 0.25) is 0 Å². The first-order valence-electron chi connectivity index (χ1n) is 10.3. The number of aliphatic hydroxyl groups excluding tert-OH is 1.